The first-order chi connectivity index (χ1) is 7.42. The molecular weight excluding hydrogens is 334 g/mol. The van der Waals surface area contributed by atoms with E-state index in [1.54, 1.807) is 6.82 Å². The Bertz CT molecular complexity index is 168. The Hall–Kier alpha value is 0.595. The minimum atomic E-state index is -0.468. The Morgan fingerprint density at radius 2 is 1.59 bits per heavy atom. The van der Waals surface area contributed by atoms with Crippen molar-refractivity contribution in [3.8, 4) is 0 Å². The van der Waals surface area contributed by atoms with Gasteiger partial charge >= 0.3 is 7.05 Å². The Labute approximate surface area is 123 Å². The van der Waals surface area contributed by atoms with Crippen LogP contribution in [0.1, 0.15) is 0 Å². The molecule has 0 spiro atoms. The van der Waals surface area contributed by atoms with E-state index in [1.165, 1.54) is 0 Å². The van der Waals surface area contributed by atoms with Crippen LogP contribution >= 0.6 is 0 Å². The smallest absolute Gasteiger partial charge is 0.373 e. The van der Waals surface area contributed by atoms with Crippen LogP contribution in [0, 0.1) is 0 Å². The fourth-order valence-electron chi connectivity index (χ4n) is 1.00. The largest absolute Gasteiger partial charge is 1.00 e. The van der Waals surface area contributed by atoms with Crippen molar-refractivity contribution < 1.29 is 43.0 Å². The zero-order valence-electron chi connectivity index (χ0n) is 11.4. The molecule has 0 rings (SSSR count). The molecule has 0 aliphatic rings. The maximum Gasteiger partial charge on any atom is 0.373 e. The molecule has 0 aromatic rings. The summed E-state index contributed by atoms with van der Waals surface area (Å²) in [4.78, 5) is 0. The average Bonchev–Trinajstić information content (AvgIpc) is 2.13. The normalized spacial score (nSPS) is 11.1. The van der Waals surface area contributed by atoms with Gasteiger partial charge in [-0.25, -0.2) is 0 Å². The molecule has 0 saturated carbocycles. The molecular formula is C10H26BIN2O3. The molecule has 0 atom stereocenters. The van der Waals surface area contributed by atoms with Crippen LogP contribution in [0.5, 0.6) is 0 Å². The van der Waals surface area contributed by atoms with Crippen molar-refractivity contribution in [2.45, 2.75) is 6.82 Å². The van der Waals surface area contributed by atoms with Crippen molar-refractivity contribution in [2.75, 3.05) is 60.7 Å². The van der Waals surface area contributed by atoms with E-state index < -0.39 is 7.05 Å². The predicted octanol–water partition coefficient (Wildman–Crippen LogP) is -3.57. The van der Waals surface area contributed by atoms with E-state index in [9.17, 15) is 0 Å². The highest BCUT2D eigenvalue weighted by molar-refractivity contribution is 6.45. The standard InChI is InChI=1S/C10H26BN2O3.HI/c1-11(14)12-5-7-15-9-10-16-8-6-13(2,3)4;/h12,14H,5-10H2,1-4H3;1H/q+1;/p-1. The van der Waals surface area contributed by atoms with Crippen LogP contribution in [0.15, 0.2) is 0 Å². The lowest BCUT2D eigenvalue weighted by Crippen LogP contribution is -3.00. The van der Waals surface area contributed by atoms with Gasteiger partial charge in [0, 0.05) is 6.54 Å². The van der Waals surface area contributed by atoms with Crippen molar-refractivity contribution in [3.63, 3.8) is 0 Å². The van der Waals surface area contributed by atoms with Crippen LogP contribution in [0.4, 0.5) is 0 Å². The first-order valence-corrected chi connectivity index (χ1v) is 5.79. The van der Waals surface area contributed by atoms with Crippen molar-refractivity contribution in [2.24, 2.45) is 0 Å². The highest BCUT2D eigenvalue weighted by Crippen LogP contribution is 1.89. The molecule has 0 radical (unpaired) electrons. The van der Waals surface area contributed by atoms with Crippen LogP contribution in [0.25, 0.3) is 0 Å². The van der Waals surface area contributed by atoms with Crippen LogP contribution < -0.4 is 29.2 Å². The zero-order chi connectivity index (χ0) is 12.4. The maximum absolute atomic E-state index is 8.91. The third-order valence-electron chi connectivity index (χ3n) is 1.96. The first-order valence-electron chi connectivity index (χ1n) is 5.79. The molecule has 0 aromatic heterocycles. The van der Waals surface area contributed by atoms with Crippen molar-refractivity contribution in [3.05, 3.63) is 0 Å². The van der Waals surface area contributed by atoms with Gasteiger partial charge in [0.15, 0.2) is 0 Å². The van der Waals surface area contributed by atoms with Gasteiger partial charge in [-0.1, -0.05) is 0 Å². The fraction of sp³-hybridized carbons (Fsp3) is 1.00. The highest BCUT2D eigenvalue weighted by atomic mass is 127. The Kier molecular flexibility index (Phi) is 13.7. The molecule has 104 valence electrons. The minimum absolute atomic E-state index is 0. The molecule has 0 unspecified atom stereocenters. The molecule has 7 heteroatoms. The number of hydrogen-bond donors (Lipinski definition) is 2. The molecule has 0 amide bonds. The van der Waals surface area contributed by atoms with Crippen LogP contribution in [-0.4, -0.2) is 77.2 Å². The number of hydrogen-bond acceptors (Lipinski definition) is 4. The number of nitrogens with one attached hydrogen (secondary N) is 1. The number of halogens is 1. The van der Waals surface area contributed by atoms with Gasteiger partial charge in [-0.2, -0.15) is 0 Å². The van der Waals surface area contributed by atoms with Crippen molar-refractivity contribution in [1.29, 1.82) is 0 Å². The monoisotopic (exact) mass is 360 g/mol. The average molecular weight is 360 g/mol. The predicted molar refractivity (Wildman–Crippen MR) is 66.4 cm³/mol. The quantitative estimate of drug-likeness (QED) is 0.183. The van der Waals surface area contributed by atoms with Gasteiger partial charge in [-0.05, 0) is 6.82 Å². The maximum atomic E-state index is 8.91. The molecule has 5 nitrogen and oxygen atoms in total. The Morgan fingerprint density at radius 1 is 1.06 bits per heavy atom. The zero-order valence-corrected chi connectivity index (χ0v) is 13.6. The van der Waals surface area contributed by atoms with E-state index in [2.05, 4.69) is 26.4 Å². The van der Waals surface area contributed by atoms with Gasteiger partial charge in [0.1, 0.15) is 6.54 Å². The molecule has 0 aliphatic carbocycles. The second-order valence-corrected chi connectivity index (χ2v) is 4.87. The van der Waals surface area contributed by atoms with Gasteiger partial charge in [0.2, 0.25) is 0 Å². The molecule has 0 saturated heterocycles. The first kappa shape index (κ1) is 19.9. The van der Waals surface area contributed by atoms with E-state index >= 15 is 0 Å². The van der Waals surface area contributed by atoms with Gasteiger partial charge in [0.05, 0.1) is 47.6 Å². The number of ether oxygens (including phenoxy) is 2. The summed E-state index contributed by atoms with van der Waals surface area (Å²) < 4.78 is 11.7. The SMILES string of the molecule is CB(O)NCCOCCOCC[N+](C)(C)C.[I-]. The van der Waals surface area contributed by atoms with Crippen molar-refractivity contribution in [1.82, 2.24) is 5.23 Å². The topological polar surface area (TPSA) is 50.7 Å². The lowest BCUT2D eigenvalue weighted by Gasteiger charge is -2.23. The van der Waals surface area contributed by atoms with E-state index in [-0.39, 0.29) is 24.0 Å². The molecule has 0 aliphatic heterocycles. The van der Waals surface area contributed by atoms with E-state index in [4.69, 9.17) is 14.5 Å². The molecule has 0 aromatic carbocycles. The summed E-state index contributed by atoms with van der Waals surface area (Å²) >= 11 is 0. The summed E-state index contributed by atoms with van der Waals surface area (Å²) in [5, 5.41) is 11.8. The van der Waals surface area contributed by atoms with E-state index in [1.807, 2.05) is 0 Å². The molecule has 0 fully saturated rings. The van der Waals surface area contributed by atoms with Crippen LogP contribution in [-0.2, 0) is 9.47 Å². The minimum Gasteiger partial charge on any atom is -1.00 e. The second kappa shape index (κ2) is 11.7. The second-order valence-electron chi connectivity index (χ2n) is 4.87. The summed E-state index contributed by atoms with van der Waals surface area (Å²) in [5.74, 6) is 0. The Balaban J connectivity index is 0. The molecule has 17 heavy (non-hydrogen) atoms. The lowest BCUT2D eigenvalue weighted by atomic mass is 9.89. The summed E-state index contributed by atoms with van der Waals surface area (Å²) in [6.45, 7) is 5.96. The van der Waals surface area contributed by atoms with Gasteiger partial charge < -0.3 is 48.2 Å². The molecule has 2 N–H and O–H groups in total. The number of nitrogens with zero attached hydrogens (tertiary/aromatic N) is 1. The van der Waals surface area contributed by atoms with E-state index in [0.717, 1.165) is 17.6 Å². The number of quaternary nitrogens is 1. The van der Waals surface area contributed by atoms with Crippen molar-refractivity contribution >= 4 is 7.05 Å². The molecule has 0 bridgehead atoms. The summed E-state index contributed by atoms with van der Waals surface area (Å²) in [6.07, 6.45) is 0. The number of rotatable bonds is 10. The molecule has 0 heterocycles. The van der Waals surface area contributed by atoms with Crippen LogP contribution in [0.2, 0.25) is 6.82 Å². The highest BCUT2D eigenvalue weighted by Gasteiger charge is 2.05. The summed E-state index contributed by atoms with van der Waals surface area (Å²) in [5.41, 5.74) is 0. The summed E-state index contributed by atoms with van der Waals surface area (Å²) in [6, 6.07) is 0. The van der Waals surface area contributed by atoms with Crippen LogP contribution in [0.3, 0.4) is 0 Å². The summed E-state index contributed by atoms with van der Waals surface area (Å²) in [7, 11) is 5.95. The van der Waals surface area contributed by atoms with Gasteiger partial charge in [-0.3, -0.25) is 0 Å². The van der Waals surface area contributed by atoms with E-state index in [0.29, 0.717) is 26.4 Å². The lowest BCUT2D eigenvalue weighted by molar-refractivity contribution is -0.870. The van der Waals surface area contributed by atoms with Gasteiger partial charge in [0.25, 0.3) is 0 Å². The Morgan fingerprint density at radius 3 is 2.06 bits per heavy atom. The number of likely N-dealkylation sites (N-methyl/N-ethyl adjacent to an activating group) is 1. The fourth-order valence-corrected chi connectivity index (χ4v) is 1.00. The third-order valence-corrected chi connectivity index (χ3v) is 1.96. The van der Waals surface area contributed by atoms with Gasteiger partial charge in [-0.15, -0.1) is 0 Å². The third kappa shape index (κ3) is 19.1.